The molecule has 1 aromatic heterocycles. The average molecular weight is 264 g/mol. The molecule has 4 nitrogen and oxygen atoms in total. The van der Waals surface area contributed by atoms with E-state index in [1.165, 1.54) is 32.1 Å². The van der Waals surface area contributed by atoms with E-state index in [1.54, 1.807) is 0 Å². The van der Waals surface area contributed by atoms with Crippen LogP contribution in [0.25, 0.3) is 0 Å². The molecule has 1 aliphatic heterocycles. The summed E-state index contributed by atoms with van der Waals surface area (Å²) in [7, 11) is 0. The van der Waals surface area contributed by atoms with E-state index in [4.69, 9.17) is 4.74 Å². The van der Waals surface area contributed by atoms with E-state index in [2.05, 4.69) is 22.0 Å². The number of nitrogens with zero attached hydrogens (tertiary/aromatic N) is 2. The molecule has 0 bridgehead atoms. The minimum absolute atomic E-state index is 0.0904. The maximum absolute atomic E-state index is 10.6. The lowest BCUT2D eigenvalue weighted by Gasteiger charge is -2.25. The first-order chi connectivity index (χ1) is 9.17. The van der Waals surface area contributed by atoms with Gasteiger partial charge in [-0.3, -0.25) is 4.68 Å². The van der Waals surface area contributed by atoms with Crippen molar-refractivity contribution in [3.05, 3.63) is 18.0 Å². The molecule has 0 amide bonds. The summed E-state index contributed by atoms with van der Waals surface area (Å²) >= 11 is 0. The Labute approximate surface area is 114 Å². The molecule has 1 saturated carbocycles. The topological polar surface area (TPSA) is 47.3 Å². The van der Waals surface area contributed by atoms with E-state index in [0.717, 1.165) is 5.69 Å². The van der Waals surface area contributed by atoms with E-state index < -0.39 is 5.60 Å². The van der Waals surface area contributed by atoms with Gasteiger partial charge in [0, 0.05) is 25.6 Å². The molecular weight excluding hydrogens is 240 g/mol. The summed E-state index contributed by atoms with van der Waals surface area (Å²) in [4.78, 5) is 0. The van der Waals surface area contributed by atoms with Gasteiger partial charge in [-0.15, -0.1) is 0 Å². The van der Waals surface area contributed by atoms with E-state index in [1.807, 2.05) is 6.92 Å². The smallest absolute Gasteiger partial charge is 0.0983 e. The van der Waals surface area contributed by atoms with Gasteiger partial charge in [-0.05, 0) is 25.8 Å². The molecule has 0 radical (unpaired) electrons. The molecule has 2 aliphatic rings. The lowest BCUT2D eigenvalue weighted by molar-refractivity contribution is -0.0275. The normalized spacial score (nSPS) is 32.8. The van der Waals surface area contributed by atoms with Crippen LogP contribution in [0, 0.1) is 0 Å². The summed E-state index contributed by atoms with van der Waals surface area (Å²) in [6, 6.07) is 2.62. The quantitative estimate of drug-likeness (QED) is 0.912. The second-order valence-electron chi connectivity index (χ2n) is 6.12. The Bertz CT molecular complexity index is 426. The van der Waals surface area contributed by atoms with Gasteiger partial charge in [-0.1, -0.05) is 19.3 Å². The van der Waals surface area contributed by atoms with Crippen molar-refractivity contribution in [1.82, 2.24) is 9.78 Å². The molecule has 1 saturated heterocycles. The number of ether oxygens (including phenoxy) is 1. The number of hydrogen-bond donors (Lipinski definition) is 1. The zero-order chi connectivity index (χ0) is 13.3. The number of rotatable bonds is 3. The van der Waals surface area contributed by atoms with Crippen molar-refractivity contribution in [3.63, 3.8) is 0 Å². The van der Waals surface area contributed by atoms with E-state index in [0.29, 0.717) is 25.5 Å². The fraction of sp³-hybridized carbons (Fsp3) is 0.800. The van der Waals surface area contributed by atoms with Gasteiger partial charge in [0.25, 0.3) is 0 Å². The number of hydrogen-bond acceptors (Lipinski definition) is 3. The molecule has 1 aliphatic carbocycles. The fourth-order valence-corrected chi connectivity index (χ4v) is 3.34. The van der Waals surface area contributed by atoms with Crippen LogP contribution >= 0.6 is 0 Å². The molecule has 4 heteroatoms. The molecule has 3 rings (SSSR count). The van der Waals surface area contributed by atoms with Gasteiger partial charge in [0.05, 0.1) is 23.4 Å². The van der Waals surface area contributed by atoms with Crippen LogP contribution in [0.4, 0.5) is 0 Å². The minimum atomic E-state index is -0.730. The molecule has 1 aromatic rings. The molecule has 1 N–H and O–H groups in total. The Kier molecular flexibility index (Phi) is 3.63. The van der Waals surface area contributed by atoms with Gasteiger partial charge in [-0.2, -0.15) is 5.10 Å². The second kappa shape index (κ2) is 5.25. The highest BCUT2D eigenvalue weighted by molar-refractivity contribution is 5.07. The SMILES string of the molecule is CC1OCCC1(O)Cc1ccn(C2CCCCC2)n1. The molecule has 2 unspecified atom stereocenters. The third-order valence-electron chi connectivity index (χ3n) is 4.76. The lowest BCUT2D eigenvalue weighted by atomic mass is 9.91. The summed E-state index contributed by atoms with van der Waals surface area (Å²) < 4.78 is 7.59. The Hall–Kier alpha value is -0.870. The molecule has 0 aromatic carbocycles. The number of aliphatic hydroxyl groups is 1. The average Bonchev–Trinajstić information content (AvgIpc) is 2.99. The minimum Gasteiger partial charge on any atom is -0.387 e. The molecule has 2 atom stereocenters. The van der Waals surface area contributed by atoms with Crippen molar-refractivity contribution in [2.75, 3.05) is 6.61 Å². The van der Waals surface area contributed by atoms with E-state index >= 15 is 0 Å². The van der Waals surface area contributed by atoms with Crippen molar-refractivity contribution >= 4 is 0 Å². The summed E-state index contributed by atoms with van der Waals surface area (Å²) in [6.07, 6.45) is 9.78. The van der Waals surface area contributed by atoms with Crippen LogP contribution in [0.15, 0.2) is 12.3 Å². The van der Waals surface area contributed by atoms with Gasteiger partial charge in [-0.25, -0.2) is 0 Å². The second-order valence-corrected chi connectivity index (χ2v) is 6.12. The zero-order valence-electron chi connectivity index (χ0n) is 11.7. The van der Waals surface area contributed by atoms with Gasteiger partial charge < -0.3 is 9.84 Å². The predicted octanol–water partition coefficient (Wildman–Crippen LogP) is 2.47. The first kappa shape index (κ1) is 13.1. The predicted molar refractivity (Wildman–Crippen MR) is 73.0 cm³/mol. The van der Waals surface area contributed by atoms with Crippen LogP contribution < -0.4 is 0 Å². The van der Waals surface area contributed by atoms with E-state index in [-0.39, 0.29) is 6.10 Å². The Morgan fingerprint density at radius 1 is 1.42 bits per heavy atom. The van der Waals surface area contributed by atoms with Crippen molar-refractivity contribution in [3.8, 4) is 0 Å². The highest BCUT2D eigenvalue weighted by atomic mass is 16.5. The zero-order valence-corrected chi connectivity index (χ0v) is 11.7. The largest absolute Gasteiger partial charge is 0.387 e. The Morgan fingerprint density at radius 2 is 2.21 bits per heavy atom. The summed E-state index contributed by atoms with van der Waals surface area (Å²) in [5.74, 6) is 0. The molecular formula is C15H24N2O2. The molecule has 0 spiro atoms. The number of aromatic nitrogens is 2. The fourth-order valence-electron chi connectivity index (χ4n) is 3.34. The van der Waals surface area contributed by atoms with E-state index in [9.17, 15) is 5.11 Å². The van der Waals surface area contributed by atoms with Crippen molar-refractivity contribution < 1.29 is 9.84 Å². The Balaban J connectivity index is 1.67. The van der Waals surface area contributed by atoms with Gasteiger partial charge >= 0.3 is 0 Å². The van der Waals surface area contributed by atoms with Crippen LogP contribution in [0.3, 0.4) is 0 Å². The lowest BCUT2D eigenvalue weighted by Crippen LogP contribution is -2.38. The Morgan fingerprint density at radius 3 is 2.89 bits per heavy atom. The maximum atomic E-state index is 10.6. The monoisotopic (exact) mass is 264 g/mol. The van der Waals surface area contributed by atoms with Crippen LogP contribution in [0.1, 0.15) is 57.2 Å². The summed E-state index contributed by atoms with van der Waals surface area (Å²) in [5, 5.41) is 15.2. The van der Waals surface area contributed by atoms with Crippen LogP contribution in [0.5, 0.6) is 0 Å². The highest BCUT2D eigenvalue weighted by Crippen LogP contribution is 2.30. The third-order valence-corrected chi connectivity index (χ3v) is 4.76. The van der Waals surface area contributed by atoms with Gasteiger partial charge in [0.1, 0.15) is 0 Å². The maximum Gasteiger partial charge on any atom is 0.0983 e. The molecule has 2 heterocycles. The third kappa shape index (κ3) is 2.70. The first-order valence-electron chi connectivity index (χ1n) is 7.55. The van der Waals surface area contributed by atoms with Crippen LogP contribution in [-0.2, 0) is 11.2 Å². The summed E-state index contributed by atoms with van der Waals surface area (Å²) in [5.41, 5.74) is 0.261. The highest BCUT2D eigenvalue weighted by Gasteiger charge is 2.40. The molecule has 106 valence electrons. The van der Waals surface area contributed by atoms with Crippen molar-refractivity contribution in [1.29, 1.82) is 0 Å². The van der Waals surface area contributed by atoms with Gasteiger partial charge in [0.2, 0.25) is 0 Å². The van der Waals surface area contributed by atoms with Crippen molar-refractivity contribution in [2.45, 2.75) is 69.6 Å². The van der Waals surface area contributed by atoms with Crippen LogP contribution in [0.2, 0.25) is 0 Å². The molecule has 19 heavy (non-hydrogen) atoms. The van der Waals surface area contributed by atoms with Crippen molar-refractivity contribution in [2.24, 2.45) is 0 Å². The van der Waals surface area contributed by atoms with Gasteiger partial charge in [0.15, 0.2) is 0 Å². The van der Waals surface area contributed by atoms with Crippen LogP contribution in [-0.4, -0.2) is 33.2 Å². The standard InChI is InChI=1S/C15H24N2O2/c1-12-15(18,8-10-19-12)11-13-7-9-17(16-13)14-5-3-2-4-6-14/h7,9,12,14,18H,2-6,8,10-11H2,1H3. The summed E-state index contributed by atoms with van der Waals surface area (Å²) in [6.45, 7) is 2.60. The first-order valence-corrected chi connectivity index (χ1v) is 7.55. The molecule has 2 fully saturated rings.